The third-order valence-electron chi connectivity index (χ3n) is 5.67. The molecule has 0 bridgehead atoms. The van der Waals surface area contributed by atoms with Crippen LogP contribution < -0.4 is 5.32 Å². The molecule has 3 heterocycles. The molecule has 6 nitrogen and oxygen atoms in total. The Labute approximate surface area is 196 Å². The highest BCUT2D eigenvalue weighted by molar-refractivity contribution is 5.83. The van der Waals surface area contributed by atoms with E-state index in [1.165, 1.54) is 46.0 Å². The fourth-order valence-corrected chi connectivity index (χ4v) is 3.87. The summed E-state index contributed by atoms with van der Waals surface area (Å²) in [5, 5.41) is 7.30. The van der Waals surface area contributed by atoms with Gasteiger partial charge < -0.3 is 5.32 Å². The summed E-state index contributed by atoms with van der Waals surface area (Å²) < 4.78 is 15.4. The van der Waals surface area contributed by atoms with Gasteiger partial charge in [0.2, 0.25) is 5.95 Å². The normalized spacial score (nSPS) is 14.5. The predicted octanol–water partition coefficient (Wildman–Crippen LogP) is 6.96. The van der Waals surface area contributed by atoms with Gasteiger partial charge in [0.25, 0.3) is 0 Å². The summed E-state index contributed by atoms with van der Waals surface area (Å²) in [7, 11) is 0. The lowest BCUT2D eigenvalue weighted by molar-refractivity contribution is 0.234. The molecular weight excluding hydrogens is 415 g/mol. The number of nitrogens with zero attached hydrogens (tertiary/aromatic N) is 5. The molecule has 1 saturated carbocycles. The number of aromatic nitrogens is 4. The Bertz CT molecular complexity index is 1090. The Morgan fingerprint density at radius 2 is 1.91 bits per heavy atom. The largest absolute Gasteiger partial charge is 0.350 e. The Hall–Kier alpha value is -2.83. The molecule has 1 fully saturated rings. The van der Waals surface area contributed by atoms with Crippen molar-refractivity contribution in [2.24, 2.45) is 10.9 Å². The standard InChI is InChI=1S/C19H23FN6.C7H14/c1-12(2)24-17-13(3)8-14(9-21-17)15-6-7-26-16(15)10-22-18(25-26)23-11-19(4,5)20;1-7-5-3-2-4-6-7/h6-10H,11H2,1-5H3,(H,23,25);7H,2-6H2,1H3. The van der Waals surface area contributed by atoms with Crippen LogP contribution >= 0.6 is 0 Å². The third-order valence-corrected chi connectivity index (χ3v) is 5.67. The van der Waals surface area contributed by atoms with Crippen LogP contribution in [0.1, 0.15) is 72.3 Å². The number of aryl methyl sites for hydroxylation is 1. The van der Waals surface area contributed by atoms with E-state index in [9.17, 15) is 4.39 Å². The number of aliphatic imine (C=N–C) groups is 1. The fraction of sp³-hybridized carbons (Fsp3) is 0.538. The minimum Gasteiger partial charge on any atom is -0.350 e. The van der Waals surface area contributed by atoms with Crippen LogP contribution in [0.3, 0.4) is 0 Å². The Kier molecular flexibility index (Phi) is 8.16. The van der Waals surface area contributed by atoms with Crippen molar-refractivity contribution in [3.8, 4) is 11.1 Å². The summed E-state index contributed by atoms with van der Waals surface area (Å²) in [5.41, 5.74) is 3.47. The van der Waals surface area contributed by atoms with Crippen molar-refractivity contribution in [1.82, 2.24) is 19.6 Å². The number of hydrogen-bond donors (Lipinski definition) is 1. The first-order valence-electron chi connectivity index (χ1n) is 11.9. The molecule has 0 unspecified atom stereocenters. The van der Waals surface area contributed by atoms with E-state index >= 15 is 0 Å². The van der Waals surface area contributed by atoms with E-state index in [2.05, 4.69) is 38.4 Å². The number of nitrogens with one attached hydrogen (secondary N) is 1. The maximum absolute atomic E-state index is 13.6. The molecule has 0 aliphatic heterocycles. The summed E-state index contributed by atoms with van der Waals surface area (Å²) in [6.45, 7) is 11.4. The van der Waals surface area contributed by atoms with Crippen LogP contribution in [0.4, 0.5) is 16.2 Å². The SMILES string of the molecule is CC(C)=Nc1ncc(-c2ccn3nc(NCC(C)(C)F)ncc23)cc1C.CC1CCCCC1. The van der Waals surface area contributed by atoms with Crippen LogP contribution in [0, 0.1) is 12.8 Å². The molecule has 1 aliphatic rings. The number of hydrogen-bond acceptors (Lipinski definition) is 5. The number of fused-ring (bicyclic) bond motifs is 1. The second-order valence-electron chi connectivity index (χ2n) is 9.88. The fourth-order valence-electron chi connectivity index (χ4n) is 3.87. The molecule has 1 N–H and O–H groups in total. The molecular formula is C26H37FN6. The highest BCUT2D eigenvalue weighted by atomic mass is 19.1. The minimum absolute atomic E-state index is 0.147. The topological polar surface area (TPSA) is 67.5 Å². The zero-order valence-electron chi connectivity index (χ0n) is 20.8. The summed E-state index contributed by atoms with van der Waals surface area (Å²) in [6.07, 6.45) is 12.8. The molecule has 0 radical (unpaired) electrons. The zero-order valence-corrected chi connectivity index (χ0v) is 20.8. The molecule has 4 rings (SSSR count). The van der Waals surface area contributed by atoms with Crippen molar-refractivity contribution in [2.45, 2.75) is 79.3 Å². The van der Waals surface area contributed by atoms with E-state index in [0.29, 0.717) is 5.95 Å². The van der Waals surface area contributed by atoms with E-state index in [4.69, 9.17) is 0 Å². The van der Waals surface area contributed by atoms with Crippen LogP contribution in [-0.4, -0.2) is 37.5 Å². The summed E-state index contributed by atoms with van der Waals surface area (Å²) >= 11 is 0. The molecule has 0 amide bonds. The van der Waals surface area contributed by atoms with E-state index < -0.39 is 5.67 Å². The monoisotopic (exact) mass is 452 g/mol. The molecule has 0 atom stereocenters. The molecule has 3 aromatic rings. The maximum Gasteiger partial charge on any atom is 0.241 e. The van der Waals surface area contributed by atoms with Gasteiger partial charge in [0.1, 0.15) is 5.67 Å². The van der Waals surface area contributed by atoms with E-state index in [-0.39, 0.29) is 6.54 Å². The highest BCUT2D eigenvalue weighted by Gasteiger charge is 2.16. The first-order chi connectivity index (χ1) is 15.6. The maximum atomic E-state index is 13.6. The van der Waals surface area contributed by atoms with Crippen molar-refractivity contribution in [1.29, 1.82) is 0 Å². The van der Waals surface area contributed by atoms with E-state index in [0.717, 1.165) is 39.7 Å². The van der Waals surface area contributed by atoms with Crippen molar-refractivity contribution in [3.05, 3.63) is 36.3 Å². The molecule has 7 heteroatoms. The molecule has 178 valence electrons. The van der Waals surface area contributed by atoms with Gasteiger partial charge in [-0.2, -0.15) is 0 Å². The van der Waals surface area contributed by atoms with Gasteiger partial charge in [0, 0.05) is 29.2 Å². The lowest BCUT2D eigenvalue weighted by Gasteiger charge is -2.15. The average Bonchev–Trinajstić information content (AvgIpc) is 3.17. The van der Waals surface area contributed by atoms with E-state index in [1.807, 2.05) is 39.2 Å². The van der Waals surface area contributed by atoms with Gasteiger partial charge in [-0.3, -0.25) is 0 Å². The number of pyridine rings is 1. The van der Waals surface area contributed by atoms with Crippen molar-refractivity contribution >= 4 is 23.0 Å². The second-order valence-corrected chi connectivity index (χ2v) is 9.88. The smallest absolute Gasteiger partial charge is 0.241 e. The van der Waals surface area contributed by atoms with Gasteiger partial charge in [-0.05, 0) is 58.2 Å². The number of alkyl halides is 1. The molecule has 0 saturated heterocycles. The number of rotatable bonds is 5. The Balaban J connectivity index is 0.000000374. The predicted molar refractivity (Wildman–Crippen MR) is 135 cm³/mol. The second kappa shape index (κ2) is 10.9. The van der Waals surface area contributed by atoms with Crippen LogP contribution in [0.5, 0.6) is 0 Å². The van der Waals surface area contributed by atoms with Gasteiger partial charge in [-0.1, -0.05) is 39.0 Å². The first kappa shape index (κ1) is 24.8. The molecule has 0 spiro atoms. The lowest BCUT2D eigenvalue weighted by Crippen LogP contribution is -2.25. The third kappa shape index (κ3) is 7.34. The molecule has 33 heavy (non-hydrogen) atoms. The van der Waals surface area contributed by atoms with Crippen LogP contribution in [0.2, 0.25) is 0 Å². The zero-order chi connectivity index (χ0) is 24.0. The summed E-state index contributed by atoms with van der Waals surface area (Å²) in [6, 6.07) is 4.03. The Morgan fingerprint density at radius 1 is 1.18 bits per heavy atom. The van der Waals surface area contributed by atoms with Gasteiger partial charge >= 0.3 is 0 Å². The minimum atomic E-state index is -1.33. The first-order valence-corrected chi connectivity index (χ1v) is 11.9. The van der Waals surface area contributed by atoms with Crippen molar-refractivity contribution in [3.63, 3.8) is 0 Å². The summed E-state index contributed by atoms with van der Waals surface area (Å²) in [5.74, 6) is 2.16. The Morgan fingerprint density at radius 3 is 2.48 bits per heavy atom. The van der Waals surface area contributed by atoms with Crippen LogP contribution in [-0.2, 0) is 0 Å². The van der Waals surface area contributed by atoms with Crippen LogP contribution in [0.15, 0.2) is 35.7 Å². The van der Waals surface area contributed by atoms with Crippen molar-refractivity contribution in [2.75, 3.05) is 11.9 Å². The highest BCUT2D eigenvalue weighted by Crippen LogP contribution is 2.28. The average molecular weight is 453 g/mol. The summed E-state index contributed by atoms with van der Waals surface area (Å²) in [4.78, 5) is 13.2. The lowest BCUT2D eigenvalue weighted by atomic mass is 9.91. The van der Waals surface area contributed by atoms with Gasteiger partial charge in [0.05, 0.1) is 18.3 Å². The number of halogens is 1. The van der Waals surface area contributed by atoms with Crippen molar-refractivity contribution < 1.29 is 4.39 Å². The number of anilines is 1. The van der Waals surface area contributed by atoms with E-state index in [1.54, 1.807) is 10.7 Å². The molecule has 3 aromatic heterocycles. The van der Waals surface area contributed by atoms with Gasteiger partial charge in [-0.15, -0.1) is 5.10 Å². The quantitative estimate of drug-likeness (QED) is 0.425. The van der Waals surface area contributed by atoms with Crippen LogP contribution in [0.25, 0.3) is 16.6 Å². The molecule has 1 aliphatic carbocycles. The van der Waals surface area contributed by atoms with Gasteiger partial charge in [-0.25, -0.2) is 23.9 Å². The molecule has 0 aromatic carbocycles. The van der Waals surface area contributed by atoms with Gasteiger partial charge in [0.15, 0.2) is 5.82 Å².